The number of para-hydroxylation sites is 1. The summed E-state index contributed by atoms with van der Waals surface area (Å²) in [5, 5.41) is 12.9. The summed E-state index contributed by atoms with van der Waals surface area (Å²) in [6.45, 7) is 0.256. The van der Waals surface area contributed by atoms with E-state index in [1.165, 1.54) is 23.5 Å². The van der Waals surface area contributed by atoms with Crippen molar-refractivity contribution in [3.05, 3.63) is 129 Å². The first-order chi connectivity index (χ1) is 19.0. The number of hydrogen-bond donors (Lipinski definition) is 2. The summed E-state index contributed by atoms with van der Waals surface area (Å²) in [5.74, 6) is -1.01. The number of thiophene rings is 1. The van der Waals surface area contributed by atoms with Crippen LogP contribution in [-0.2, 0) is 11.3 Å². The lowest BCUT2D eigenvalue weighted by Crippen LogP contribution is -2.34. The molecule has 0 aliphatic rings. The highest BCUT2D eigenvalue weighted by Crippen LogP contribution is 2.29. The van der Waals surface area contributed by atoms with E-state index in [-0.39, 0.29) is 22.8 Å². The Kier molecular flexibility index (Phi) is 8.17. The predicted molar refractivity (Wildman–Crippen MR) is 154 cm³/mol. The predicted octanol–water partition coefficient (Wildman–Crippen LogP) is 5.81. The Morgan fingerprint density at radius 2 is 1.87 bits per heavy atom. The van der Waals surface area contributed by atoms with Gasteiger partial charge in [0.15, 0.2) is 12.4 Å². The zero-order chi connectivity index (χ0) is 27.2. The SMILES string of the molecule is O=C(NCc1ccc[nH+]c1)C(=Cc1cn(-c2ccccc2)nc1-c1cccs1)NC(=O)c1ccc(Cl)cc1Cl. The van der Waals surface area contributed by atoms with Gasteiger partial charge in [-0.25, -0.2) is 9.67 Å². The average molecular weight is 576 g/mol. The van der Waals surface area contributed by atoms with Crippen LogP contribution in [0.5, 0.6) is 0 Å². The van der Waals surface area contributed by atoms with Crippen molar-refractivity contribution in [3.63, 3.8) is 0 Å². The number of carbonyl (C=O) groups excluding carboxylic acids is 2. The molecule has 39 heavy (non-hydrogen) atoms. The number of hydrogen-bond acceptors (Lipinski definition) is 4. The molecule has 0 fully saturated rings. The van der Waals surface area contributed by atoms with Crippen LogP contribution in [0.25, 0.3) is 22.3 Å². The van der Waals surface area contributed by atoms with Crippen molar-refractivity contribution in [2.24, 2.45) is 0 Å². The molecule has 2 amide bonds. The Labute approximate surface area is 238 Å². The lowest BCUT2D eigenvalue weighted by molar-refractivity contribution is -0.378. The summed E-state index contributed by atoms with van der Waals surface area (Å²) >= 11 is 13.8. The van der Waals surface area contributed by atoms with E-state index in [2.05, 4.69) is 15.6 Å². The molecule has 0 bridgehead atoms. The number of benzene rings is 2. The molecule has 7 nitrogen and oxygen atoms in total. The minimum absolute atomic E-state index is 0.0383. The summed E-state index contributed by atoms with van der Waals surface area (Å²) < 4.78 is 1.74. The van der Waals surface area contributed by atoms with Gasteiger partial charge >= 0.3 is 0 Å². The number of nitrogens with zero attached hydrogens (tertiary/aromatic N) is 2. The van der Waals surface area contributed by atoms with E-state index in [1.54, 1.807) is 29.2 Å². The molecule has 10 heteroatoms. The molecule has 0 spiro atoms. The van der Waals surface area contributed by atoms with E-state index in [4.69, 9.17) is 28.3 Å². The topological polar surface area (TPSA) is 90.2 Å². The zero-order valence-corrected chi connectivity index (χ0v) is 22.7. The number of aromatic amines is 1. The van der Waals surface area contributed by atoms with Crippen molar-refractivity contribution in [2.75, 3.05) is 0 Å². The van der Waals surface area contributed by atoms with E-state index in [0.29, 0.717) is 16.3 Å². The summed E-state index contributed by atoms with van der Waals surface area (Å²) in [6.07, 6.45) is 7.01. The molecule has 0 aliphatic carbocycles. The second kappa shape index (κ2) is 12.1. The molecule has 194 valence electrons. The number of halogens is 2. The fraction of sp³-hybridized carbons (Fsp3) is 0.0345. The van der Waals surface area contributed by atoms with Crippen LogP contribution in [0.15, 0.2) is 102 Å². The van der Waals surface area contributed by atoms with Crippen molar-refractivity contribution in [2.45, 2.75) is 6.54 Å². The fourth-order valence-corrected chi connectivity index (χ4v) is 5.03. The summed E-state index contributed by atoms with van der Waals surface area (Å²) in [5.41, 5.74) is 3.29. The summed E-state index contributed by atoms with van der Waals surface area (Å²) in [6, 6.07) is 21.8. The van der Waals surface area contributed by atoms with Gasteiger partial charge in [-0.2, -0.15) is 5.10 Å². The van der Waals surface area contributed by atoms with Gasteiger partial charge in [-0.3, -0.25) is 9.59 Å². The van der Waals surface area contributed by atoms with Crippen LogP contribution in [0.3, 0.4) is 0 Å². The number of rotatable bonds is 8. The molecular formula is C29H22Cl2N5O2S+. The molecular weight excluding hydrogens is 553 g/mol. The van der Waals surface area contributed by atoms with Gasteiger partial charge in [0, 0.05) is 35.0 Å². The second-order valence-corrected chi connectivity index (χ2v) is 10.2. The van der Waals surface area contributed by atoms with Gasteiger partial charge in [0.25, 0.3) is 11.8 Å². The smallest absolute Gasteiger partial charge is 0.268 e. The molecule has 0 atom stereocenters. The Hall–Kier alpha value is -4.24. The van der Waals surface area contributed by atoms with Crippen molar-refractivity contribution >= 4 is 52.4 Å². The third-order valence-electron chi connectivity index (χ3n) is 5.71. The third-order valence-corrected chi connectivity index (χ3v) is 7.14. The monoisotopic (exact) mass is 574 g/mol. The van der Waals surface area contributed by atoms with Gasteiger partial charge in [0.1, 0.15) is 11.4 Å². The quantitative estimate of drug-likeness (QED) is 0.229. The van der Waals surface area contributed by atoms with Crippen LogP contribution < -0.4 is 15.6 Å². The highest BCUT2D eigenvalue weighted by Gasteiger charge is 2.20. The number of nitrogens with one attached hydrogen (secondary N) is 3. The van der Waals surface area contributed by atoms with E-state index in [1.807, 2.05) is 66.2 Å². The normalized spacial score (nSPS) is 11.3. The second-order valence-electron chi connectivity index (χ2n) is 8.42. The van der Waals surface area contributed by atoms with E-state index in [0.717, 1.165) is 16.1 Å². The molecule has 0 aliphatic heterocycles. The van der Waals surface area contributed by atoms with Crippen molar-refractivity contribution in [3.8, 4) is 16.3 Å². The number of amides is 2. The molecule has 3 heterocycles. The largest absolute Gasteiger partial charge is 0.346 e. The molecule has 2 aromatic carbocycles. The van der Waals surface area contributed by atoms with Gasteiger partial charge in [0.2, 0.25) is 0 Å². The number of H-pyrrole nitrogens is 1. The van der Waals surface area contributed by atoms with Crippen molar-refractivity contribution in [1.82, 2.24) is 20.4 Å². The van der Waals surface area contributed by atoms with Gasteiger partial charge in [-0.15, -0.1) is 11.3 Å². The van der Waals surface area contributed by atoms with Gasteiger partial charge in [-0.05, 0) is 53.9 Å². The molecule has 0 radical (unpaired) electrons. The van der Waals surface area contributed by atoms with E-state index in [9.17, 15) is 9.59 Å². The number of pyridine rings is 1. The van der Waals surface area contributed by atoms with Crippen LogP contribution in [0.1, 0.15) is 21.5 Å². The Morgan fingerprint density at radius 1 is 1.03 bits per heavy atom. The maximum Gasteiger partial charge on any atom is 0.268 e. The highest BCUT2D eigenvalue weighted by molar-refractivity contribution is 7.13. The maximum absolute atomic E-state index is 13.4. The maximum atomic E-state index is 13.4. The molecule has 3 N–H and O–H groups in total. The standard InChI is InChI=1S/C29H21Cl2N5O2S/c30-21-10-11-23(24(31)15-21)28(37)34-25(29(38)33-17-19-6-4-12-32-16-19)14-20-18-36(22-7-2-1-3-8-22)35-27(20)26-9-5-13-39-26/h1-16,18H,17H2,(H,33,38)(H,34,37)/p+1. The number of carbonyl (C=O) groups is 2. The molecule has 0 saturated heterocycles. The van der Waals surface area contributed by atoms with Crippen molar-refractivity contribution in [1.29, 1.82) is 0 Å². The highest BCUT2D eigenvalue weighted by atomic mass is 35.5. The van der Waals surface area contributed by atoms with Crippen molar-refractivity contribution < 1.29 is 14.6 Å². The Balaban J connectivity index is 1.53. The lowest BCUT2D eigenvalue weighted by atomic mass is 10.1. The van der Waals surface area contributed by atoms with Crippen LogP contribution in [0, 0.1) is 0 Å². The third kappa shape index (κ3) is 6.43. The first-order valence-corrected chi connectivity index (χ1v) is 13.5. The molecule has 0 saturated carbocycles. The molecule has 5 aromatic rings. The van der Waals surface area contributed by atoms with Crippen LogP contribution >= 0.6 is 34.5 Å². The molecule has 5 rings (SSSR count). The minimum atomic E-state index is -0.542. The molecule has 0 unspecified atom stereocenters. The van der Waals surface area contributed by atoms with Crippen LogP contribution in [0.4, 0.5) is 0 Å². The Bertz CT molecular complexity index is 1640. The minimum Gasteiger partial charge on any atom is -0.346 e. The average Bonchev–Trinajstić information content (AvgIpc) is 3.63. The lowest BCUT2D eigenvalue weighted by Gasteiger charge is -2.12. The van der Waals surface area contributed by atoms with Crippen LogP contribution in [-0.4, -0.2) is 21.6 Å². The first-order valence-electron chi connectivity index (χ1n) is 11.9. The summed E-state index contributed by atoms with van der Waals surface area (Å²) in [7, 11) is 0. The van der Waals surface area contributed by atoms with Gasteiger partial charge in [-0.1, -0.05) is 47.5 Å². The van der Waals surface area contributed by atoms with Crippen LogP contribution in [0.2, 0.25) is 10.0 Å². The van der Waals surface area contributed by atoms with Gasteiger partial charge < -0.3 is 10.6 Å². The van der Waals surface area contributed by atoms with E-state index < -0.39 is 11.8 Å². The number of aromatic nitrogens is 3. The van der Waals surface area contributed by atoms with Gasteiger partial charge in [0.05, 0.1) is 21.2 Å². The fourth-order valence-electron chi connectivity index (χ4n) is 3.81. The molecule has 3 aromatic heterocycles. The van der Waals surface area contributed by atoms with E-state index >= 15 is 0 Å². The summed E-state index contributed by atoms with van der Waals surface area (Å²) in [4.78, 5) is 30.5. The zero-order valence-electron chi connectivity index (χ0n) is 20.4. The first kappa shape index (κ1) is 26.4. The Morgan fingerprint density at radius 3 is 2.59 bits per heavy atom.